The molecule has 0 aromatic heterocycles. The molecule has 4 atom stereocenters. The van der Waals surface area contributed by atoms with Crippen LogP contribution in [0.5, 0.6) is 11.5 Å². The van der Waals surface area contributed by atoms with Crippen LogP contribution in [0.4, 0.5) is 0 Å². The van der Waals surface area contributed by atoms with Crippen molar-refractivity contribution in [2.45, 2.75) is 61.7 Å². The molecule has 1 aromatic rings. The average Bonchev–Trinajstić information content (AvgIpc) is 3.32. The van der Waals surface area contributed by atoms with Crippen molar-refractivity contribution in [2.75, 3.05) is 13.1 Å². The monoisotopic (exact) mass is 339 g/mol. The fourth-order valence-electron chi connectivity index (χ4n) is 6.39. The fourth-order valence-corrected chi connectivity index (χ4v) is 6.39. The summed E-state index contributed by atoms with van der Waals surface area (Å²) in [5.41, 5.74) is 2.21. The number of likely N-dealkylation sites (tertiary alicyclic amines) is 1. The van der Waals surface area contributed by atoms with Gasteiger partial charge in [-0.05, 0) is 68.2 Å². The SMILES string of the molecule is C=C1CC[C@@]2(O)[C@@H]3Cc4ccc(O)c5c4C2(CCN3CC2CC2)[C@H]1O5. The molecule has 2 N–H and O–H groups in total. The number of phenolic OH excluding ortho intramolecular Hbond substituents is 1. The Morgan fingerprint density at radius 1 is 1.28 bits per heavy atom. The van der Waals surface area contributed by atoms with Gasteiger partial charge in [-0.3, -0.25) is 4.90 Å². The molecular formula is C21H25NO3. The minimum Gasteiger partial charge on any atom is -0.504 e. The van der Waals surface area contributed by atoms with Gasteiger partial charge in [0.05, 0.1) is 11.0 Å². The summed E-state index contributed by atoms with van der Waals surface area (Å²) >= 11 is 0. The maximum absolute atomic E-state index is 12.1. The van der Waals surface area contributed by atoms with Crippen LogP contribution in [0, 0.1) is 5.92 Å². The lowest BCUT2D eigenvalue weighted by molar-refractivity contribution is -0.174. The molecule has 1 saturated heterocycles. The first-order valence-corrected chi connectivity index (χ1v) is 9.71. The molecule has 6 rings (SSSR count). The van der Waals surface area contributed by atoms with E-state index >= 15 is 0 Å². The highest BCUT2D eigenvalue weighted by atomic mass is 16.5. The Morgan fingerprint density at radius 3 is 2.92 bits per heavy atom. The Balaban J connectivity index is 1.58. The quantitative estimate of drug-likeness (QED) is 0.813. The number of benzene rings is 1. The standard InChI is InChI=1S/C21H25NO3/c1-12-6-7-21(24)16-10-14-4-5-15(23)18-17(14)20(21,19(12)25-18)8-9-22(16)11-13-2-3-13/h4-5,13,16,19,23-24H,1-3,6-11H2/t16-,19-,20?,21+/m0/s1. The molecule has 4 heteroatoms. The molecule has 132 valence electrons. The Hall–Kier alpha value is -1.52. The van der Waals surface area contributed by atoms with E-state index < -0.39 is 11.0 Å². The lowest BCUT2D eigenvalue weighted by Crippen LogP contribution is -2.75. The lowest BCUT2D eigenvalue weighted by atomic mass is 9.48. The van der Waals surface area contributed by atoms with E-state index in [0.717, 1.165) is 55.8 Å². The summed E-state index contributed by atoms with van der Waals surface area (Å²) in [4.78, 5) is 2.56. The van der Waals surface area contributed by atoms with Crippen molar-refractivity contribution in [3.05, 3.63) is 35.4 Å². The number of rotatable bonds is 2. The predicted octanol–water partition coefficient (Wildman–Crippen LogP) is 2.51. The Labute approximate surface area is 148 Å². The van der Waals surface area contributed by atoms with Gasteiger partial charge in [0.15, 0.2) is 11.5 Å². The van der Waals surface area contributed by atoms with Crippen LogP contribution in [0.1, 0.15) is 43.2 Å². The van der Waals surface area contributed by atoms with E-state index in [-0.39, 0.29) is 17.9 Å². The second-order valence-corrected chi connectivity index (χ2v) is 8.91. The number of phenols is 1. The van der Waals surface area contributed by atoms with Crippen molar-refractivity contribution < 1.29 is 14.9 Å². The highest BCUT2D eigenvalue weighted by Crippen LogP contribution is 2.66. The molecule has 2 aliphatic heterocycles. The summed E-state index contributed by atoms with van der Waals surface area (Å²) in [5.74, 6) is 1.64. The smallest absolute Gasteiger partial charge is 0.166 e. The van der Waals surface area contributed by atoms with Crippen LogP contribution in [0.15, 0.2) is 24.3 Å². The van der Waals surface area contributed by atoms with Crippen LogP contribution in [0.2, 0.25) is 0 Å². The van der Waals surface area contributed by atoms with Crippen molar-refractivity contribution in [1.29, 1.82) is 0 Å². The molecule has 1 unspecified atom stereocenters. The van der Waals surface area contributed by atoms with Gasteiger partial charge in [0.1, 0.15) is 6.10 Å². The van der Waals surface area contributed by atoms with Crippen LogP contribution in [0.25, 0.3) is 0 Å². The van der Waals surface area contributed by atoms with E-state index in [1.54, 1.807) is 6.07 Å². The van der Waals surface area contributed by atoms with Gasteiger partial charge in [-0.2, -0.15) is 0 Å². The zero-order chi connectivity index (χ0) is 17.0. The zero-order valence-electron chi connectivity index (χ0n) is 14.5. The first-order valence-electron chi connectivity index (χ1n) is 9.71. The number of nitrogens with zero attached hydrogens (tertiary/aromatic N) is 1. The van der Waals surface area contributed by atoms with Gasteiger partial charge in [0.2, 0.25) is 0 Å². The molecule has 0 amide bonds. The third-order valence-electron chi connectivity index (χ3n) is 7.71. The lowest BCUT2D eigenvalue weighted by Gasteiger charge is -2.63. The first kappa shape index (κ1) is 14.6. The van der Waals surface area contributed by atoms with Gasteiger partial charge in [-0.25, -0.2) is 0 Å². The van der Waals surface area contributed by atoms with Gasteiger partial charge in [-0.15, -0.1) is 0 Å². The molecule has 2 heterocycles. The number of ether oxygens (including phenoxy) is 1. The normalized spacial score (nSPS) is 41.4. The molecule has 4 nitrogen and oxygen atoms in total. The van der Waals surface area contributed by atoms with Gasteiger partial charge in [-0.1, -0.05) is 12.6 Å². The predicted molar refractivity (Wildman–Crippen MR) is 93.9 cm³/mol. The Bertz CT molecular complexity index is 801. The number of aromatic hydroxyl groups is 1. The molecule has 5 aliphatic rings. The Morgan fingerprint density at radius 2 is 2.12 bits per heavy atom. The van der Waals surface area contributed by atoms with Gasteiger partial charge in [0.25, 0.3) is 0 Å². The second-order valence-electron chi connectivity index (χ2n) is 8.91. The van der Waals surface area contributed by atoms with Crippen LogP contribution >= 0.6 is 0 Å². The third kappa shape index (κ3) is 1.57. The second kappa shape index (κ2) is 4.41. The van der Waals surface area contributed by atoms with Crippen LogP contribution in [-0.4, -0.2) is 45.9 Å². The van der Waals surface area contributed by atoms with Crippen molar-refractivity contribution in [3.8, 4) is 11.5 Å². The Kier molecular flexibility index (Phi) is 2.58. The minimum atomic E-state index is -0.780. The third-order valence-corrected chi connectivity index (χ3v) is 7.71. The number of hydrogen-bond donors (Lipinski definition) is 2. The summed E-state index contributed by atoms with van der Waals surface area (Å²) in [5, 5.41) is 22.5. The van der Waals surface area contributed by atoms with Gasteiger partial charge < -0.3 is 14.9 Å². The van der Waals surface area contributed by atoms with E-state index in [4.69, 9.17) is 4.74 Å². The molecule has 2 saturated carbocycles. The summed E-state index contributed by atoms with van der Waals surface area (Å²) in [6, 6.07) is 3.96. The highest BCUT2D eigenvalue weighted by molar-refractivity contribution is 5.63. The number of aliphatic hydroxyl groups is 1. The van der Waals surface area contributed by atoms with Crippen LogP contribution < -0.4 is 4.74 Å². The van der Waals surface area contributed by atoms with Gasteiger partial charge >= 0.3 is 0 Å². The van der Waals surface area contributed by atoms with Crippen molar-refractivity contribution in [3.63, 3.8) is 0 Å². The first-order chi connectivity index (χ1) is 12.0. The zero-order valence-corrected chi connectivity index (χ0v) is 14.5. The van der Waals surface area contributed by atoms with E-state index in [2.05, 4.69) is 11.5 Å². The molecule has 3 fully saturated rings. The largest absolute Gasteiger partial charge is 0.504 e. The summed E-state index contributed by atoms with van der Waals surface area (Å²) in [6.45, 7) is 6.40. The van der Waals surface area contributed by atoms with Crippen molar-refractivity contribution >= 4 is 0 Å². The van der Waals surface area contributed by atoms with Crippen LogP contribution in [0.3, 0.4) is 0 Å². The van der Waals surface area contributed by atoms with E-state index in [0.29, 0.717) is 5.75 Å². The summed E-state index contributed by atoms with van der Waals surface area (Å²) in [6.07, 6.45) is 5.79. The van der Waals surface area contributed by atoms with E-state index in [1.165, 1.54) is 18.4 Å². The fraction of sp³-hybridized carbons (Fsp3) is 0.619. The van der Waals surface area contributed by atoms with Crippen molar-refractivity contribution in [2.24, 2.45) is 5.92 Å². The topological polar surface area (TPSA) is 52.9 Å². The summed E-state index contributed by atoms with van der Waals surface area (Å²) in [7, 11) is 0. The molecular weight excluding hydrogens is 314 g/mol. The molecule has 1 spiro atoms. The minimum absolute atomic E-state index is 0.157. The highest BCUT2D eigenvalue weighted by Gasteiger charge is 2.71. The van der Waals surface area contributed by atoms with Gasteiger partial charge in [0, 0.05) is 18.2 Å². The molecule has 25 heavy (non-hydrogen) atoms. The van der Waals surface area contributed by atoms with Crippen molar-refractivity contribution in [1.82, 2.24) is 4.90 Å². The maximum atomic E-state index is 12.1. The van der Waals surface area contributed by atoms with Crippen LogP contribution in [-0.2, 0) is 11.8 Å². The average molecular weight is 339 g/mol. The molecule has 0 radical (unpaired) electrons. The van der Waals surface area contributed by atoms with E-state index in [1.807, 2.05) is 6.07 Å². The number of hydrogen-bond acceptors (Lipinski definition) is 4. The molecule has 3 aliphatic carbocycles. The molecule has 2 bridgehead atoms. The molecule has 1 aromatic carbocycles. The summed E-state index contributed by atoms with van der Waals surface area (Å²) < 4.78 is 6.29. The van der Waals surface area contributed by atoms with E-state index in [9.17, 15) is 10.2 Å². The number of piperidine rings is 1. The maximum Gasteiger partial charge on any atom is 0.166 e.